The van der Waals surface area contributed by atoms with Gasteiger partial charge in [0.1, 0.15) is 6.04 Å². The molecule has 2 heterocycles. The molecule has 29 heavy (non-hydrogen) atoms. The summed E-state index contributed by atoms with van der Waals surface area (Å²) >= 11 is 7.73. The summed E-state index contributed by atoms with van der Waals surface area (Å²) < 4.78 is 7.05. The van der Waals surface area contributed by atoms with Crippen LogP contribution in [-0.2, 0) is 9.53 Å². The van der Waals surface area contributed by atoms with E-state index in [1.165, 1.54) is 23.0 Å². The quantitative estimate of drug-likeness (QED) is 0.607. The molecule has 1 aliphatic heterocycles. The Hall–Kier alpha value is -2.96. The molecule has 1 aromatic heterocycles. The zero-order chi connectivity index (χ0) is 20.5. The molecule has 0 amide bonds. The van der Waals surface area contributed by atoms with Crippen molar-refractivity contribution in [3.8, 4) is 0 Å². The Morgan fingerprint density at radius 2 is 1.86 bits per heavy atom. The number of esters is 1. The first kappa shape index (κ1) is 19.4. The molecule has 0 fully saturated rings. The molecule has 0 N–H and O–H groups in total. The van der Waals surface area contributed by atoms with Crippen LogP contribution in [0.25, 0.3) is 6.08 Å². The highest BCUT2D eigenvalue weighted by molar-refractivity contribution is 7.07. The van der Waals surface area contributed by atoms with E-state index in [4.69, 9.17) is 16.3 Å². The Morgan fingerprint density at radius 1 is 1.17 bits per heavy atom. The molecule has 1 aliphatic rings. The topological polar surface area (TPSA) is 60.7 Å². The summed E-state index contributed by atoms with van der Waals surface area (Å²) in [6.45, 7) is 1.74. The molecule has 3 aromatic rings. The number of carbonyl (C=O) groups is 1. The Kier molecular flexibility index (Phi) is 5.22. The van der Waals surface area contributed by atoms with E-state index < -0.39 is 12.0 Å². The monoisotopic (exact) mass is 424 g/mol. The number of nitrogens with zero attached hydrogens (tertiary/aromatic N) is 2. The van der Waals surface area contributed by atoms with Gasteiger partial charge in [-0.05, 0) is 30.2 Å². The third kappa shape index (κ3) is 3.45. The predicted molar refractivity (Wildman–Crippen MR) is 114 cm³/mol. The van der Waals surface area contributed by atoms with Crippen molar-refractivity contribution in [1.29, 1.82) is 0 Å². The third-order valence-electron chi connectivity index (χ3n) is 4.72. The fourth-order valence-corrected chi connectivity index (χ4v) is 4.67. The van der Waals surface area contributed by atoms with Crippen molar-refractivity contribution < 1.29 is 9.53 Å². The van der Waals surface area contributed by atoms with Crippen molar-refractivity contribution in [3.05, 3.63) is 102 Å². The number of rotatable bonds is 3. The number of halogens is 1. The molecule has 0 unspecified atom stereocenters. The molecule has 0 saturated heterocycles. The zero-order valence-corrected chi connectivity index (χ0v) is 17.3. The molecule has 0 aliphatic carbocycles. The molecule has 4 rings (SSSR count). The van der Waals surface area contributed by atoms with E-state index in [0.29, 0.717) is 31.2 Å². The van der Waals surface area contributed by atoms with E-state index in [0.717, 1.165) is 5.56 Å². The second-order valence-electron chi connectivity index (χ2n) is 6.51. The lowest BCUT2D eigenvalue weighted by molar-refractivity contribution is -0.136. The Balaban J connectivity index is 2.02. The summed E-state index contributed by atoms with van der Waals surface area (Å²) in [5.74, 6) is -0.534. The molecule has 0 spiro atoms. The van der Waals surface area contributed by atoms with Crippen LogP contribution >= 0.6 is 22.9 Å². The molecule has 7 heteroatoms. The largest absolute Gasteiger partial charge is 0.466 e. The van der Waals surface area contributed by atoms with Gasteiger partial charge in [0.05, 0.1) is 22.9 Å². The van der Waals surface area contributed by atoms with Crippen LogP contribution in [0.2, 0.25) is 5.02 Å². The van der Waals surface area contributed by atoms with Gasteiger partial charge in [-0.15, -0.1) is 0 Å². The molecule has 146 valence electrons. The summed E-state index contributed by atoms with van der Waals surface area (Å²) in [5, 5.41) is 0.464. The summed E-state index contributed by atoms with van der Waals surface area (Å²) in [7, 11) is 1.31. The summed E-state index contributed by atoms with van der Waals surface area (Å²) in [4.78, 5) is 31.0. The van der Waals surface area contributed by atoms with Gasteiger partial charge in [0.2, 0.25) is 0 Å². The number of ether oxygens (including phenoxy) is 1. The molecule has 1 atom stereocenters. The van der Waals surface area contributed by atoms with E-state index in [-0.39, 0.29) is 5.56 Å². The van der Waals surface area contributed by atoms with E-state index in [1.807, 2.05) is 48.5 Å². The predicted octanol–water partition coefficient (Wildman–Crippen LogP) is 3.06. The van der Waals surface area contributed by atoms with Gasteiger partial charge in [-0.2, -0.15) is 0 Å². The number of methoxy groups -OCH3 is 1. The molecule has 2 aromatic carbocycles. The molecule has 5 nitrogen and oxygen atoms in total. The molecule has 0 radical (unpaired) electrons. The Labute approximate surface area is 175 Å². The first-order valence-corrected chi connectivity index (χ1v) is 10.1. The number of allylic oxidation sites excluding steroid dienone is 1. The lowest BCUT2D eigenvalue weighted by Gasteiger charge is -2.25. The maximum absolute atomic E-state index is 13.3. The Bertz CT molecular complexity index is 1310. The minimum atomic E-state index is -0.703. The van der Waals surface area contributed by atoms with E-state index in [2.05, 4.69) is 4.99 Å². The van der Waals surface area contributed by atoms with Gasteiger partial charge in [-0.1, -0.05) is 71.5 Å². The van der Waals surface area contributed by atoms with Crippen molar-refractivity contribution in [2.75, 3.05) is 7.11 Å². The first-order chi connectivity index (χ1) is 14.0. The van der Waals surface area contributed by atoms with Crippen LogP contribution in [0, 0.1) is 0 Å². The van der Waals surface area contributed by atoms with Gasteiger partial charge in [0, 0.05) is 5.02 Å². The molecular weight excluding hydrogens is 408 g/mol. The lowest BCUT2D eigenvalue weighted by Crippen LogP contribution is -2.39. The number of thiazole rings is 1. The van der Waals surface area contributed by atoms with E-state index in [9.17, 15) is 9.59 Å². The fraction of sp³-hybridized carbons (Fsp3) is 0.136. The standard InChI is InChI=1S/C22H17ClN2O3S/c1-13-18(21(27)28-2)19(15-10-6-7-11-16(15)23)25-20(26)17(29-22(25)24-13)12-14-8-4-3-5-9-14/h3-12,19H,1-2H3/b17-12-/t19-/m1/s1. The molecule has 0 bridgehead atoms. The van der Waals surface area contributed by atoms with Gasteiger partial charge in [0.25, 0.3) is 5.56 Å². The highest BCUT2D eigenvalue weighted by Gasteiger charge is 2.34. The van der Waals surface area contributed by atoms with Crippen molar-refractivity contribution in [1.82, 2.24) is 4.57 Å². The van der Waals surface area contributed by atoms with Crippen molar-refractivity contribution in [3.63, 3.8) is 0 Å². The van der Waals surface area contributed by atoms with Gasteiger partial charge in [-0.3, -0.25) is 9.36 Å². The van der Waals surface area contributed by atoms with Crippen molar-refractivity contribution in [2.45, 2.75) is 13.0 Å². The Morgan fingerprint density at radius 3 is 2.55 bits per heavy atom. The minimum Gasteiger partial charge on any atom is -0.466 e. The van der Waals surface area contributed by atoms with Gasteiger partial charge in [0.15, 0.2) is 4.80 Å². The normalized spacial score (nSPS) is 16.4. The van der Waals surface area contributed by atoms with Crippen molar-refractivity contribution >= 4 is 35.0 Å². The summed E-state index contributed by atoms with van der Waals surface area (Å²) in [6, 6.07) is 16.1. The van der Waals surface area contributed by atoms with Crippen molar-refractivity contribution in [2.24, 2.45) is 4.99 Å². The fourth-order valence-electron chi connectivity index (χ4n) is 3.38. The smallest absolute Gasteiger partial charge is 0.338 e. The lowest BCUT2D eigenvalue weighted by atomic mass is 9.96. The second kappa shape index (κ2) is 7.81. The van der Waals surface area contributed by atoms with Gasteiger partial charge < -0.3 is 4.74 Å². The number of fused-ring (bicyclic) bond motifs is 1. The first-order valence-electron chi connectivity index (χ1n) is 8.91. The van der Waals surface area contributed by atoms with Crippen LogP contribution in [0.3, 0.4) is 0 Å². The maximum atomic E-state index is 13.3. The number of aromatic nitrogens is 1. The number of carbonyl (C=O) groups excluding carboxylic acids is 1. The SMILES string of the molecule is COC(=O)C1=C(C)N=c2s/c(=C\c3ccccc3)c(=O)n2[C@@H]1c1ccccc1Cl. The second-order valence-corrected chi connectivity index (χ2v) is 7.92. The van der Waals surface area contributed by atoms with Crippen LogP contribution in [0.5, 0.6) is 0 Å². The number of benzene rings is 2. The van der Waals surface area contributed by atoms with Gasteiger partial charge >= 0.3 is 5.97 Å². The van der Waals surface area contributed by atoms with Crippen LogP contribution in [-0.4, -0.2) is 17.6 Å². The van der Waals surface area contributed by atoms with E-state index >= 15 is 0 Å². The highest BCUT2D eigenvalue weighted by atomic mass is 35.5. The summed E-state index contributed by atoms with van der Waals surface area (Å²) in [6.07, 6.45) is 1.82. The average Bonchev–Trinajstić information content (AvgIpc) is 3.02. The van der Waals surface area contributed by atoms with Crippen LogP contribution < -0.4 is 14.9 Å². The van der Waals surface area contributed by atoms with Gasteiger partial charge in [-0.25, -0.2) is 9.79 Å². The third-order valence-corrected chi connectivity index (χ3v) is 6.05. The van der Waals surface area contributed by atoms with Crippen LogP contribution in [0.4, 0.5) is 0 Å². The summed E-state index contributed by atoms with van der Waals surface area (Å²) in [5.41, 5.74) is 2.15. The van der Waals surface area contributed by atoms with E-state index in [1.54, 1.807) is 19.1 Å². The highest BCUT2D eigenvalue weighted by Crippen LogP contribution is 2.34. The minimum absolute atomic E-state index is 0.226. The zero-order valence-electron chi connectivity index (χ0n) is 15.8. The maximum Gasteiger partial charge on any atom is 0.338 e. The molecule has 0 saturated carbocycles. The number of hydrogen-bond acceptors (Lipinski definition) is 5. The van der Waals surface area contributed by atoms with Crippen LogP contribution in [0.15, 0.2) is 75.7 Å². The van der Waals surface area contributed by atoms with Crippen LogP contribution in [0.1, 0.15) is 24.1 Å². The molecular formula is C22H17ClN2O3S. The number of hydrogen-bond donors (Lipinski definition) is 0. The average molecular weight is 425 g/mol.